The van der Waals surface area contributed by atoms with Gasteiger partial charge in [0.15, 0.2) is 0 Å². The Hall–Kier alpha value is -2.55. The van der Waals surface area contributed by atoms with Gasteiger partial charge in [0.2, 0.25) is 0 Å². The molecule has 0 radical (unpaired) electrons. The molecule has 0 saturated carbocycles. The molecule has 0 aromatic heterocycles. The summed E-state index contributed by atoms with van der Waals surface area (Å²) >= 11 is 0. The number of fused-ring (bicyclic) bond motifs is 1. The summed E-state index contributed by atoms with van der Waals surface area (Å²) in [4.78, 5) is 11.6. The van der Waals surface area contributed by atoms with Crippen molar-refractivity contribution >= 4 is 12.0 Å². The predicted octanol–water partition coefficient (Wildman–Crippen LogP) is 3.86. The zero-order valence-corrected chi connectivity index (χ0v) is 12.8. The van der Waals surface area contributed by atoms with E-state index in [0.29, 0.717) is 0 Å². The summed E-state index contributed by atoms with van der Waals surface area (Å²) in [6, 6.07) is 14.4. The number of methoxy groups -OCH3 is 2. The van der Waals surface area contributed by atoms with Crippen LogP contribution in [-0.2, 0) is 16.0 Å². The molecule has 0 saturated heterocycles. The zero-order valence-electron chi connectivity index (χ0n) is 12.8. The second kappa shape index (κ2) is 6.06. The second-order valence-electron chi connectivity index (χ2n) is 5.31. The average molecular weight is 294 g/mol. The van der Waals surface area contributed by atoms with E-state index < -0.39 is 0 Å². The quantitative estimate of drug-likeness (QED) is 0.806. The van der Waals surface area contributed by atoms with Crippen molar-refractivity contribution in [3.05, 3.63) is 59.2 Å². The molecule has 0 bridgehead atoms. The van der Waals surface area contributed by atoms with E-state index in [9.17, 15) is 4.79 Å². The molecule has 0 heterocycles. The fourth-order valence-corrected chi connectivity index (χ4v) is 2.77. The number of carbonyl (C=O) groups excluding carboxylic acids is 1. The molecule has 0 amide bonds. The maximum absolute atomic E-state index is 11.6. The Balaban J connectivity index is 1.95. The lowest BCUT2D eigenvalue weighted by molar-refractivity contribution is -0.136. The number of benzene rings is 2. The van der Waals surface area contributed by atoms with Gasteiger partial charge in [0.25, 0.3) is 0 Å². The van der Waals surface area contributed by atoms with Gasteiger partial charge in [0.05, 0.1) is 14.2 Å². The number of esters is 1. The molecule has 22 heavy (non-hydrogen) atoms. The van der Waals surface area contributed by atoms with Gasteiger partial charge < -0.3 is 9.47 Å². The van der Waals surface area contributed by atoms with Crippen LogP contribution in [-0.4, -0.2) is 20.2 Å². The lowest BCUT2D eigenvalue weighted by Gasteiger charge is -2.16. The third kappa shape index (κ3) is 2.75. The van der Waals surface area contributed by atoms with E-state index in [1.54, 1.807) is 7.11 Å². The largest absolute Gasteiger partial charge is 0.497 e. The van der Waals surface area contributed by atoms with Crippen molar-refractivity contribution in [2.45, 2.75) is 12.8 Å². The number of carbonyl (C=O) groups is 1. The molecule has 3 heteroatoms. The fraction of sp³-hybridized carbons (Fsp3) is 0.211. The van der Waals surface area contributed by atoms with Gasteiger partial charge >= 0.3 is 5.97 Å². The van der Waals surface area contributed by atoms with Crippen LogP contribution in [0.2, 0.25) is 0 Å². The van der Waals surface area contributed by atoms with E-state index in [1.807, 2.05) is 24.3 Å². The topological polar surface area (TPSA) is 35.5 Å². The van der Waals surface area contributed by atoms with Gasteiger partial charge in [-0.05, 0) is 53.3 Å². The summed E-state index contributed by atoms with van der Waals surface area (Å²) in [5.41, 5.74) is 5.38. The monoisotopic (exact) mass is 294 g/mol. The Morgan fingerprint density at radius 2 is 1.82 bits per heavy atom. The van der Waals surface area contributed by atoms with E-state index in [2.05, 4.69) is 24.3 Å². The van der Waals surface area contributed by atoms with Crippen LogP contribution in [0.1, 0.15) is 17.5 Å². The van der Waals surface area contributed by atoms with Crippen LogP contribution in [0, 0.1) is 0 Å². The summed E-state index contributed by atoms with van der Waals surface area (Å²) in [5, 5.41) is 0. The molecule has 2 aromatic rings. The van der Waals surface area contributed by atoms with Gasteiger partial charge in [-0.25, -0.2) is 4.79 Å². The minimum atomic E-state index is -0.234. The Labute approximate surface area is 130 Å². The smallest absolute Gasteiger partial charge is 0.333 e. The fourth-order valence-electron chi connectivity index (χ4n) is 2.77. The molecule has 0 atom stereocenters. The van der Waals surface area contributed by atoms with Gasteiger partial charge in [-0.15, -0.1) is 0 Å². The number of hydrogen-bond donors (Lipinski definition) is 0. The van der Waals surface area contributed by atoms with Crippen molar-refractivity contribution in [2.75, 3.05) is 14.2 Å². The minimum absolute atomic E-state index is 0.234. The highest BCUT2D eigenvalue weighted by Gasteiger charge is 2.17. The Morgan fingerprint density at radius 1 is 1.00 bits per heavy atom. The second-order valence-corrected chi connectivity index (χ2v) is 5.31. The molecular formula is C19H18O3. The molecule has 0 aliphatic heterocycles. The van der Waals surface area contributed by atoms with Crippen molar-refractivity contribution < 1.29 is 14.3 Å². The molecule has 112 valence electrons. The Morgan fingerprint density at radius 3 is 2.59 bits per heavy atom. The lowest BCUT2D eigenvalue weighted by atomic mass is 9.89. The summed E-state index contributed by atoms with van der Waals surface area (Å²) in [6.45, 7) is 0. The van der Waals surface area contributed by atoms with E-state index >= 15 is 0 Å². The van der Waals surface area contributed by atoms with Crippen molar-refractivity contribution in [3.8, 4) is 16.9 Å². The van der Waals surface area contributed by atoms with Crippen molar-refractivity contribution in [3.63, 3.8) is 0 Å². The Kier molecular flexibility index (Phi) is 3.96. The molecule has 3 rings (SSSR count). The lowest BCUT2D eigenvalue weighted by Crippen LogP contribution is -2.09. The maximum atomic E-state index is 11.6. The number of ether oxygens (including phenoxy) is 2. The third-order valence-corrected chi connectivity index (χ3v) is 3.99. The first-order valence-electron chi connectivity index (χ1n) is 7.27. The van der Waals surface area contributed by atoms with Crippen LogP contribution in [0.25, 0.3) is 17.2 Å². The average Bonchev–Trinajstić information content (AvgIpc) is 2.60. The van der Waals surface area contributed by atoms with E-state index in [1.165, 1.54) is 12.7 Å². The van der Waals surface area contributed by atoms with Gasteiger partial charge in [-0.1, -0.05) is 30.3 Å². The Bertz CT molecular complexity index is 744. The standard InChI is InChI=1S/C19H18O3/c1-21-18-5-3-4-13(12-18)14-6-7-16-11-17(19(20)22-2)9-8-15(16)10-14/h3-7,10-12H,8-9H2,1-2H3. The van der Waals surface area contributed by atoms with Crippen LogP contribution >= 0.6 is 0 Å². The minimum Gasteiger partial charge on any atom is -0.497 e. The number of rotatable bonds is 3. The highest BCUT2D eigenvalue weighted by atomic mass is 16.5. The zero-order chi connectivity index (χ0) is 15.5. The summed E-state index contributed by atoms with van der Waals surface area (Å²) < 4.78 is 10.1. The van der Waals surface area contributed by atoms with Crippen LogP contribution in [0.4, 0.5) is 0 Å². The molecule has 0 unspecified atom stereocenters. The summed E-state index contributed by atoms with van der Waals surface area (Å²) in [5.74, 6) is 0.616. The van der Waals surface area contributed by atoms with E-state index in [-0.39, 0.29) is 5.97 Å². The van der Waals surface area contributed by atoms with E-state index in [4.69, 9.17) is 9.47 Å². The molecule has 3 nitrogen and oxygen atoms in total. The molecular weight excluding hydrogens is 276 g/mol. The van der Waals surface area contributed by atoms with Crippen molar-refractivity contribution in [1.82, 2.24) is 0 Å². The molecule has 2 aromatic carbocycles. The molecule has 0 N–H and O–H groups in total. The SMILES string of the molecule is COC(=O)C1=Cc2ccc(-c3cccc(OC)c3)cc2CC1. The van der Waals surface area contributed by atoms with E-state index in [0.717, 1.165) is 40.9 Å². The third-order valence-electron chi connectivity index (χ3n) is 3.99. The van der Waals surface area contributed by atoms with Crippen LogP contribution in [0.5, 0.6) is 5.75 Å². The van der Waals surface area contributed by atoms with Gasteiger partial charge in [-0.3, -0.25) is 0 Å². The molecule has 0 fully saturated rings. The summed E-state index contributed by atoms with van der Waals surface area (Å²) in [7, 11) is 3.09. The van der Waals surface area contributed by atoms with Crippen LogP contribution < -0.4 is 4.74 Å². The maximum Gasteiger partial charge on any atom is 0.333 e. The number of hydrogen-bond acceptors (Lipinski definition) is 3. The first-order chi connectivity index (χ1) is 10.7. The number of aryl methyl sites for hydroxylation is 1. The van der Waals surface area contributed by atoms with Crippen LogP contribution in [0.15, 0.2) is 48.0 Å². The molecule has 1 aliphatic rings. The van der Waals surface area contributed by atoms with Gasteiger partial charge in [-0.2, -0.15) is 0 Å². The highest BCUT2D eigenvalue weighted by molar-refractivity contribution is 5.94. The first kappa shape index (κ1) is 14.4. The van der Waals surface area contributed by atoms with Gasteiger partial charge in [0, 0.05) is 5.57 Å². The normalized spacial score (nSPS) is 13.1. The summed E-state index contributed by atoms with van der Waals surface area (Å²) in [6.07, 6.45) is 3.51. The predicted molar refractivity (Wildman–Crippen MR) is 86.7 cm³/mol. The first-order valence-corrected chi connectivity index (χ1v) is 7.27. The van der Waals surface area contributed by atoms with Crippen molar-refractivity contribution in [1.29, 1.82) is 0 Å². The van der Waals surface area contributed by atoms with Crippen LogP contribution in [0.3, 0.4) is 0 Å². The molecule has 1 aliphatic carbocycles. The van der Waals surface area contributed by atoms with Gasteiger partial charge in [0.1, 0.15) is 5.75 Å². The van der Waals surface area contributed by atoms with Crippen molar-refractivity contribution in [2.24, 2.45) is 0 Å². The molecule has 0 spiro atoms. The highest BCUT2D eigenvalue weighted by Crippen LogP contribution is 2.30.